The van der Waals surface area contributed by atoms with Crippen LogP contribution in [0, 0.1) is 6.92 Å². The van der Waals surface area contributed by atoms with Crippen LogP contribution < -0.4 is 15.5 Å². The number of phenolic OH excluding ortho intramolecular Hbond substituents is 1. The van der Waals surface area contributed by atoms with Crippen LogP contribution in [0.4, 0.5) is 0 Å². The van der Waals surface area contributed by atoms with Gasteiger partial charge in [0, 0.05) is 19.0 Å². The number of hydrogen-bond donors (Lipinski definition) is 3. The van der Waals surface area contributed by atoms with Crippen molar-refractivity contribution in [3.8, 4) is 17.2 Å². The molecule has 1 aromatic heterocycles. The van der Waals surface area contributed by atoms with Crippen molar-refractivity contribution in [1.82, 2.24) is 5.32 Å². The highest BCUT2D eigenvalue weighted by Gasteiger charge is 2.26. The fourth-order valence-corrected chi connectivity index (χ4v) is 3.89. The van der Waals surface area contributed by atoms with E-state index in [1.165, 1.54) is 37.7 Å². The van der Waals surface area contributed by atoms with Crippen LogP contribution in [0.3, 0.4) is 0 Å². The van der Waals surface area contributed by atoms with E-state index >= 15 is 0 Å². The van der Waals surface area contributed by atoms with Gasteiger partial charge in [0.05, 0.1) is 13.0 Å². The molecule has 1 amide bonds. The summed E-state index contributed by atoms with van der Waals surface area (Å²) in [5.41, 5.74) is 1.37. The van der Waals surface area contributed by atoms with Gasteiger partial charge in [-0.3, -0.25) is 9.59 Å². The van der Waals surface area contributed by atoms with Crippen LogP contribution >= 0.6 is 0 Å². The summed E-state index contributed by atoms with van der Waals surface area (Å²) in [7, 11) is 1.42. The van der Waals surface area contributed by atoms with Crippen molar-refractivity contribution in [3.05, 3.63) is 63.2 Å². The Kier molecular flexibility index (Phi) is 7.39. The van der Waals surface area contributed by atoms with Crippen molar-refractivity contribution in [2.24, 2.45) is 0 Å². The summed E-state index contributed by atoms with van der Waals surface area (Å²) in [6.07, 6.45) is 7.62. The van der Waals surface area contributed by atoms with Gasteiger partial charge in [0.2, 0.25) is 17.1 Å². The normalized spacial score (nSPS) is 14.6. The molecule has 0 spiro atoms. The minimum Gasteiger partial charge on any atom is -0.504 e. The molecule has 0 saturated carbocycles. The van der Waals surface area contributed by atoms with E-state index < -0.39 is 17.1 Å². The molecular weight excluding hydrogens is 398 g/mol. The Hall–Kier alpha value is -3.22. The molecule has 166 valence electrons. The number of phenols is 1. The van der Waals surface area contributed by atoms with Crippen molar-refractivity contribution in [1.29, 1.82) is 0 Å². The molecule has 1 aromatic carbocycles. The van der Waals surface area contributed by atoms with Crippen LogP contribution in [-0.2, 0) is 4.79 Å². The fourth-order valence-electron chi connectivity index (χ4n) is 3.89. The highest BCUT2D eigenvalue weighted by molar-refractivity contribution is 5.77. The van der Waals surface area contributed by atoms with Crippen LogP contribution in [0.5, 0.6) is 17.2 Å². The van der Waals surface area contributed by atoms with Gasteiger partial charge in [-0.25, -0.2) is 0 Å². The molecule has 0 bridgehead atoms. The minimum absolute atomic E-state index is 0.0166. The number of allylic oxidation sites excluding steroid dienone is 1. The van der Waals surface area contributed by atoms with E-state index in [1.807, 2.05) is 0 Å². The molecule has 1 aliphatic rings. The monoisotopic (exact) mass is 427 g/mol. The number of ether oxygens (including phenoxy) is 1. The number of carbonyl (C=O) groups is 1. The van der Waals surface area contributed by atoms with Crippen molar-refractivity contribution < 1.29 is 24.2 Å². The van der Waals surface area contributed by atoms with Gasteiger partial charge in [-0.05, 0) is 56.7 Å². The van der Waals surface area contributed by atoms with E-state index in [4.69, 9.17) is 9.15 Å². The Balaban J connectivity index is 1.83. The Morgan fingerprint density at radius 2 is 2.06 bits per heavy atom. The molecule has 0 unspecified atom stereocenters. The average molecular weight is 427 g/mol. The molecule has 3 rings (SSSR count). The second-order valence-electron chi connectivity index (χ2n) is 7.83. The number of aromatic hydroxyl groups is 2. The van der Waals surface area contributed by atoms with Crippen molar-refractivity contribution in [2.75, 3.05) is 13.7 Å². The maximum Gasteiger partial charge on any atom is 0.227 e. The Morgan fingerprint density at radius 1 is 1.26 bits per heavy atom. The van der Waals surface area contributed by atoms with Crippen molar-refractivity contribution in [2.45, 2.75) is 51.4 Å². The molecule has 0 aliphatic heterocycles. The van der Waals surface area contributed by atoms with E-state index in [0.29, 0.717) is 17.9 Å². The molecule has 1 aliphatic carbocycles. The first kappa shape index (κ1) is 22.5. The van der Waals surface area contributed by atoms with E-state index in [0.717, 1.165) is 19.3 Å². The van der Waals surface area contributed by atoms with Crippen LogP contribution in [0.2, 0.25) is 0 Å². The minimum atomic E-state index is -0.726. The molecule has 7 heteroatoms. The van der Waals surface area contributed by atoms with E-state index in [-0.39, 0.29) is 29.6 Å². The number of benzene rings is 1. The predicted octanol–water partition coefficient (Wildman–Crippen LogP) is 3.90. The molecular formula is C24H29NO6. The van der Waals surface area contributed by atoms with Crippen LogP contribution in [0.15, 0.2) is 45.1 Å². The number of methoxy groups -OCH3 is 1. The highest BCUT2D eigenvalue weighted by Crippen LogP contribution is 2.37. The lowest BCUT2D eigenvalue weighted by molar-refractivity contribution is -0.121. The fraction of sp³-hybridized carbons (Fsp3) is 0.417. The van der Waals surface area contributed by atoms with Crippen LogP contribution in [0.1, 0.15) is 61.5 Å². The van der Waals surface area contributed by atoms with Gasteiger partial charge in [0.1, 0.15) is 5.76 Å². The van der Waals surface area contributed by atoms with Gasteiger partial charge in [-0.15, -0.1) is 0 Å². The van der Waals surface area contributed by atoms with E-state index in [2.05, 4.69) is 11.4 Å². The summed E-state index contributed by atoms with van der Waals surface area (Å²) in [4.78, 5) is 24.9. The SMILES string of the molecule is COc1cc([C@H](CC(=O)NCCC2=CCCCC2)c2oc(C)cc(=O)c2O)ccc1O. The van der Waals surface area contributed by atoms with E-state index in [9.17, 15) is 19.8 Å². The topological polar surface area (TPSA) is 109 Å². The molecule has 1 heterocycles. The predicted molar refractivity (Wildman–Crippen MR) is 117 cm³/mol. The molecule has 3 N–H and O–H groups in total. The maximum absolute atomic E-state index is 12.7. The Labute approximate surface area is 181 Å². The third kappa shape index (κ3) is 5.69. The zero-order valence-electron chi connectivity index (χ0n) is 17.9. The maximum atomic E-state index is 12.7. The number of aryl methyl sites for hydroxylation is 1. The second kappa shape index (κ2) is 10.2. The lowest BCUT2D eigenvalue weighted by atomic mass is 9.91. The molecule has 0 fully saturated rings. The third-order valence-electron chi connectivity index (χ3n) is 5.54. The first-order chi connectivity index (χ1) is 14.9. The van der Waals surface area contributed by atoms with Crippen molar-refractivity contribution in [3.63, 3.8) is 0 Å². The largest absolute Gasteiger partial charge is 0.504 e. The third-order valence-corrected chi connectivity index (χ3v) is 5.54. The summed E-state index contributed by atoms with van der Waals surface area (Å²) in [5.74, 6) is -0.955. The Bertz CT molecular complexity index is 1020. The zero-order chi connectivity index (χ0) is 22.4. The van der Waals surface area contributed by atoms with Gasteiger partial charge in [-0.1, -0.05) is 17.7 Å². The summed E-state index contributed by atoms with van der Waals surface area (Å²) < 4.78 is 10.8. The number of nitrogens with one attached hydrogen (secondary N) is 1. The van der Waals surface area contributed by atoms with Gasteiger partial charge in [-0.2, -0.15) is 0 Å². The van der Waals surface area contributed by atoms with Gasteiger partial charge < -0.3 is 24.7 Å². The van der Waals surface area contributed by atoms with Crippen LogP contribution in [-0.4, -0.2) is 29.8 Å². The molecule has 2 aromatic rings. The summed E-state index contributed by atoms with van der Waals surface area (Å²) in [5, 5.41) is 23.2. The summed E-state index contributed by atoms with van der Waals surface area (Å²) >= 11 is 0. The smallest absolute Gasteiger partial charge is 0.227 e. The number of amides is 1. The second-order valence-corrected chi connectivity index (χ2v) is 7.83. The summed E-state index contributed by atoms with van der Waals surface area (Å²) in [6.45, 7) is 2.14. The zero-order valence-corrected chi connectivity index (χ0v) is 17.9. The van der Waals surface area contributed by atoms with Crippen molar-refractivity contribution >= 4 is 5.91 Å². The van der Waals surface area contributed by atoms with Gasteiger partial charge in [0.15, 0.2) is 17.3 Å². The standard InChI is InChI=1S/C24H29NO6/c1-15-12-20(27)23(29)24(31-15)18(17-8-9-19(26)21(13-17)30-2)14-22(28)25-11-10-16-6-4-3-5-7-16/h6,8-9,12-13,18,26,29H,3-5,7,10-11,14H2,1-2H3,(H,25,28)/t18-/m0/s1. The first-order valence-corrected chi connectivity index (χ1v) is 10.5. The molecule has 0 radical (unpaired) electrons. The quantitative estimate of drug-likeness (QED) is 0.552. The highest BCUT2D eigenvalue weighted by atomic mass is 16.5. The van der Waals surface area contributed by atoms with E-state index in [1.54, 1.807) is 19.1 Å². The molecule has 7 nitrogen and oxygen atoms in total. The first-order valence-electron chi connectivity index (χ1n) is 10.5. The average Bonchev–Trinajstić information content (AvgIpc) is 2.76. The summed E-state index contributed by atoms with van der Waals surface area (Å²) in [6, 6.07) is 5.83. The van der Waals surface area contributed by atoms with Gasteiger partial charge in [0.25, 0.3) is 0 Å². The van der Waals surface area contributed by atoms with Crippen LogP contribution in [0.25, 0.3) is 0 Å². The molecule has 0 saturated heterocycles. The number of rotatable bonds is 8. The molecule has 1 atom stereocenters. The Morgan fingerprint density at radius 3 is 2.77 bits per heavy atom. The molecule has 31 heavy (non-hydrogen) atoms. The number of hydrogen-bond acceptors (Lipinski definition) is 6. The lowest BCUT2D eigenvalue weighted by Gasteiger charge is -2.19. The number of carbonyl (C=O) groups excluding carboxylic acids is 1. The lowest BCUT2D eigenvalue weighted by Crippen LogP contribution is -2.27. The van der Waals surface area contributed by atoms with Gasteiger partial charge >= 0.3 is 0 Å².